The van der Waals surface area contributed by atoms with E-state index in [-0.39, 0.29) is 5.82 Å². The van der Waals surface area contributed by atoms with E-state index in [4.69, 9.17) is 4.74 Å². The third-order valence-electron chi connectivity index (χ3n) is 4.27. The van der Waals surface area contributed by atoms with Crippen LogP contribution in [0.2, 0.25) is 0 Å². The minimum Gasteiger partial charge on any atom is -0.465 e. The van der Waals surface area contributed by atoms with Crippen LogP contribution in [0.25, 0.3) is 28.2 Å². The molecule has 0 atom stereocenters. The molecule has 4 rings (SSSR count). The van der Waals surface area contributed by atoms with Gasteiger partial charge in [0.25, 0.3) is 0 Å². The Morgan fingerprint density at radius 2 is 1.61 bits per heavy atom. The van der Waals surface area contributed by atoms with E-state index < -0.39 is 5.97 Å². The molecular formula is C21H15FN4O2. The molecule has 28 heavy (non-hydrogen) atoms. The topological polar surface area (TPSA) is 69.9 Å². The predicted octanol–water partition coefficient (Wildman–Crippen LogP) is 3.92. The number of carbonyl (C=O) groups is 1. The average molecular weight is 374 g/mol. The van der Waals surface area contributed by atoms with Gasteiger partial charge in [0.1, 0.15) is 17.2 Å². The molecular weight excluding hydrogens is 359 g/mol. The van der Waals surface area contributed by atoms with E-state index in [9.17, 15) is 9.18 Å². The van der Waals surface area contributed by atoms with Crippen molar-refractivity contribution >= 4 is 5.97 Å². The molecule has 7 heteroatoms. The van der Waals surface area contributed by atoms with Crippen LogP contribution >= 0.6 is 0 Å². The van der Waals surface area contributed by atoms with Crippen molar-refractivity contribution in [2.24, 2.45) is 0 Å². The smallest absolute Gasteiger partial charge is 0.337 e. The number of esters is 1. The highest BCUT2D eigenvalue weighted by atomic mass is 19.1. The van der Waals surface area contributed by atoms with Gasteiger partial charge in [-0.05, 0) is 60.7 Å². The van der Waals surface area contributed by atoms with Crippen LogP contribution in [0.15, 0.2) is 73.1 Å². The number of rotatable bonds is 4. The number of benzene rings is 2. The third kappa shape index (κ3) is 3.25. The van der Waals surface area contributed by atoms with E-state index in [0.29, 0.717) is 11.3 Å². The molecule has 0 saturated carbocycles. The Morgan fingerprint density at radius 1 is 0.929 bits per heavy atom. The van der Waals surface area contributed by atoms with Crippen molar-refractivity contribution in [2.75, 3.05) is 7.11 Å². The molecule has 0 aliphatic carbocycles. The number of hydrogen-bond donors (Lipinski definition) is 0. The molecule has 0 fully saturated rings. The van der Waals surface area contributed by atoms with Gasteiger partial charge in [-0.15, -0.1) is 5.10 Å². The van der Waals surface area contributed by atoms with E-state index in [1.807, 2.05) is 12.1 Å². The fourth-order valence-electron chi connectivity index (χ4n) is 2.89. The summed E-state index contributed by atoms with van der Waals surface area (Å²) in [5, 5.41) is 8.61. The van der Waals surface area contributed by atoms with Crippen molar-refractivity contribution in [2.45, 2.75) is 0 Å². The number of halogens is 1. The molecule has 0 radical (unpaired) electrons. The fourth-order valence-corrected chi connectivity index (χ4v) is 2.89. The lowest BCUT2D eigenvalue weighted by Gasteiger charge is -2.09. The molecule has 0 amide bonds. The largest absolute Gasteiger partial charge is 0.465 e. The number of nitrogens with zero attached hydrogens (tertiary/aromatic N) is 4. The highest BCUT2D eigenvalue weighted by Crippen LogP contribution is 2.32. The summed E-state index contributed by atoms with van der Waals surface area (Å²) in [5.41, 5.74) is 4.11. The monoisotopic (exact) mass is 374 g/mol. The van der Waals surface area contributed by atoms with Gasteiger partial charge in [0.15, 0.2) is 0 Å². The molecule has 0 aliphatic heterocycles. The molecule has 0 N–H and O–H groups in total. The lowest BCUT2D eigenvalue weighted by Crippen LogP contribution is -2.03. The van der Waals surface area contributed by atoms with Crippen molar-refractivity contribution in [1.82, 2.24) is 20.0 Å². The molecule has 0 saturated heterocycles. The first kappa shape index (κ1) is 17.5. The van der Waals surface area contributed by atoms with Gasteiger partial charge in [-0.2, -0.15) is 0 Å². The van der Waals surface area contributed by atoms with Crippen molar-refractivity contribution in [3.63, 3.8) is 0 Å². The lowest BCUT2D eigenvalue weighted by atomic mass is 10.1. The summed E-state index contributed by atoms with van der Waals surface area (Å²) in [6.07, 6.45) is 3.36. The molecule has 0 aliphatic rings. The lowest BCUT2D eigenvalue weighted by molar-refractivity contribution is 0.0600. The van der Waals surface area contributed by atoms with Crippen molar-refractivity contribution in [3.05, 3.63) is 84.4 Å². The summed E-state index contributed by atoms with van der Waals surface area (Å²) in [5.74, 6) is -0.730. The van der Waals surface area contributed by atoms with E-state index >= 15 is 0 Å². The summed E-state index contributed by atoms with van der Waals surface area (Å²) in [4.78, 5) is 15.7. The van der Waals surface area contributed by atoms with Gasteiger partial charge >= 0.3 is 5.97 Å². The number of carbonyl (C=O) groups excluding carboxylic acids is 1. The summed E-state index contributed by atoms with van der Waals surface area (Å²) in [6.45, 7) is 0. The Kier molecular flexibility index (Phi) is 4.63. The Hall–Kier alpha value is -3.87. The quantitative estimate of drug-likeness (QED) is 0.506. The minimum absolute atomic E-state index is 0.319. The minimum atomic E-state index is -0.411. The van der Waals surface area contributed by atoms with Crippen LogP contribution in [-0.2, 0) is 4.74 Å². The van der Waals surface area contributed by atoms with Gasteiger partial charge in [-0.3, -0.25) is 4.98 Å². The molecule has 2 aromatic carbocycles. The zero-order valence-corrected chi connectivity index (χ0v) is 14.9. The second kappa shape index (κ2) is 7.40. The molecule has 2 aromatic heterocycles. The number of hydrogen-bond acceptors (Lipinski definition) is 5. The van der Waals surface area contributed by atoms with Gasteiger partial charge in [0.2, 0.25) is 0 Å². The van der Waals surface area contributed by atoms with Crippen molar-refractivity contribution in [3.8, 4) is 28.2 Å². The zero-order chi connectivity index (χ0) is 19.5. The normalized spacial score (nSPS) is 10.6. The van der Waals surface area contributed by atoms with Gasteiger partial charge < -0.3 is 4.74 Å². The zero-order valence-electron chi connectivity index (χ0n) is 14.9. The van der Waals surface area contributed by atoms with E-state index in [0.717, 1.165) is 22.5 Å². The van der Waals surface area contributed by atoms with Crippen LogP contribution < -0.4 is 0 Å². The van der Waals surface area contributed by atoms with Gasteiger partial charge in [0, 0.05) is 23.5 Å². The van der Waals surface area contributed by atoms with E-state index in [2.05, 4.69) is 15.3 Å². The van der Waals surface area contributed by atoms with Gasteiger partial charge in [0.05, 0.1) is 18.4 Å². The maximum atomic E-state index is 13.3. The van der Waals surface area contributed by atoms with Crippen LogP contribution in [0.4, 0.5) is 4.39 Å². The molecule has 4 aromatic rings. The third-order valence-corrected chi connectivity index (χ3v) is 4.27. The maximum absolute atomic E-state index is 13.3. The van der Waals surface area contributed by atoms with Crippen LogP contribution in [0.5, 0.6) is 0 Å². The second-order valence-electron chi connectivity index (χ2n) is 5.98. The van der Waals surface area contributed by atoms with Crippen LogP contribution in [0.1, 0.15) is 10.4 Å². The first-order valence-corrected chi connectivity index (χ1v) is 8.48. The highest BCUT2D eigenvalue weighted by molar-refractivity contribution is 5.89. The summed E-state index contributed by atoms with van der Waals surface area (Å²) in [7, 11) is 1.34. The number of methoxy groups -OCH3 is 1. The molecule has 0 unspecified atom stereocenters. The Morgan fingerprint density at radius 3 is 2.25 bits per heavy atom. The first-order chi connectivity index (χ1) is 13.7. The van der Waals surface area contributed by atoms with Crippen LogP contribution in [0, 0.1) is 5.82 Å². The standard InChI is InChI=1S/C21H15FN4O2/c1-28-21(27)16-4-8-18(9-5-16)26-20(15-10-12-23-13-11-15)19(24-25-26)14-2-6-17(22)7-3-14/h2-13H,1H3. The number of aromatic nitrogens is 4. The Balaban J connectivity index is 1.86. The summed E-state index contributed by atoms with van der Waals surface area (Å²) < 4.78 is 19.8. The van der Waals surface area contributed by atoms with Crippen LogP contribution in [-0.4, -0.2) is 33.1 Å². The first-order valence-electron chi connectivity index (χ1n) is 8.48. The summed E-state index contributed by atoms with van der Waals surface area (Å²) >= 11 is 0. The van der Waals surface area contributed by atoms with Gasteiger partial charge in [-0.25, -0.2) is 13.9 Å². The van der Waals surface area contributed by atoms with E-state index in [1.54, 1.807) is 53.5 Å². The predicted molar refractivity (Wildman–Crippen MR) is 101 cm³/mol. The Bertz CT molecular complexity index is 1110. The SMILES string of the molecule is COC(=O)c1ccc(-n2nnc(-c3ccc(F)cc3)c2-c2ccncc2)cc1. The second-order valence-corrected chi connectivity index (χ2v) is 5.98. The van der Waals surface area contributed by atoms with Gasteiger partial charge in [-0.1, -0.05) is 5.21 Å². The average Bonchev–Trinajstić information content (AvgIpc) is 3.19. The molecule has 0 bridgehead atoms. The fraction of sp³-hybridized carbons (Fsp3) is 0.0476. The number of ether oxygens (including phenoxy) is 1. The molecule has 138 valence electrons. The molecule has 0 spiro atoms. The molecule has 6 nitrogen and oxygen atoms in total. The number of pyridine rings is 1. The Labute approximate surface area is 160 Å². The molecule has 2 heterocycles. The highest BCUT2D eigenvalue weighted by Gasteiger charge is 2.18. The van der Waals surface area contributed by atoms with E-state index in [1.165, 1.54) is 19.2 Å². The van der Waals surface area contributed by atoms with Crippen LogP contribution in [0.3, 0.4) is 0 Å². The van der Waals surface area contributed by atoms with Crippen molar-refractivity contribution < 1.29 is 13.9 Å². The van der Waals surface area contributed by atoms with Crippen molar-refractivity contribution in [1.29, 1.82) is 0 Å². The summed E-state index contributed by atoms with van der Waals surface area (Å²) in [6, 6.07) is 16.7. The maximum Gasteiger partial charge on any atom is 0.337 e.